The summed E-state index contributed by atoms with van der Waals surface area (Å²) in [6.07, 6.45) is 6.52. The summed E-state index contributed by atoms with van der Waals surface area (Å²) in [6, 6.07) is 0.544. The summed E-state index contributed by atoms with van der Waals surface area (Å²) in [5.74, 6) is 1.08. The second kappa shape index (κ2) is 7.33. The molecular weight excluding hydrogens is 288 g/mol. The SMILES string of the molecule is Cc1ncsc1-c1nccn1C1CCCN(C)C1.O=CO. The quantitative estimate of drug-likeness (QED) is 0.862. The zero-order valence-corrected chi connectivity index (χ0v) is 13.1. The van der Waals surface area contributed by atoms with Crippen LogP contribution in [-0.4, -0.2) is 51.2 Å². The molecule has 3 heterocycles. The molecule has 0 radical (unpaired) electrons. The molecule has 2 aromatic heterocycles. The lowest BCUT2D eigenvalue weighted by molar-refractivity contribution is -0.122. The first-order chi connectivity index (χ1) is 10.2. The van der Waals surface area contributed by atoms with Crippen LogP contribution in [-0.2, 0) is 4.79 Å². The summed E-state index contributed by atoms with van der Waals surface area (Å²) in [4.78, 5) is 20.8. The summed E-state index contributed by atoms with van der Waals surface area (Å²) in [5.41, 5.74) is 2.98. The van der Waals surface area contributed by atoms with E-state index in [1.807, 2.05) is 11.7 Å². The number of hydrogen-bond donors (Lipinski definition) is 1. The van der Waals surface area contributed by atoms with Crippen molar-refractivity contribution in [2.75, 3.05) is 20.1 Å². The summed E-state index contributed by atoms with van der Waals surface area (Å²) in [5, 5.41) is 6.89. The molecule has 0 amide bonds. The van der Waals surface area contributed by atoms with Gasteiger partial charge in [-0.1, -0.05) is 0 Å². The molecule has 2 aromatic rings. The van der Waals surface area contributed by atoms with Crippen molar-refractivity contribution in [2.45, 2.75) is 25.8 Å². The molecule has 3 rings (SSSR count). The topological polar surface area (TPSA) is 71.2 Å². The second-order valence-electron chi connectivity index (χ2n) is 5.09. The second-order valence-corrected chi connectivity index (χ2v) is 5.94. The van der Waals surface area contributed by atoms with Crippen LogP contribution in [0.4, 0.5) is 0 Å². The standard InChI is InChI=1S/C13H18N4S.CH2O2/c1-10-12(18-9-15-10)13-14-5-7-17(13)11-4-3-6-16(2)8-11;2-1-3/h5,7,9,11H,3-4,6,8H2,1-2H3;1H,(H,2,3). The number of rotatable bonds is 2. The molecule has 0 aromatic carbocycles. The first-order valence-electron chi connectivity index (χ1n) is 6.87. The Balaban J connectivity index is 0.000000497. The first kappa shape index (κ1) is 15.7. The van der Waals surface area contributed by atoms with Gasteiger partial charge >= 0.3 is 0 Å². The molecule has 7 heteroatoms. The molecule has 0 saturated carbocycles. The minimum absolute atomic E-state index is 0.250. The van der Waals surface area contributed by atoms with E-state index >= 15 is 0 Å². The van der Waals surface area contributed by atoms with Crippen LogP contribution in [0.2, 0.25) is 0 Å². The normalized spacial score (nSPS) is 18.9. The number of imidazole rings is 1. The summed E-state index contributed by atoms with van der Waals surface area (Å²) in [6.45, 7) is 4.12. The molecule has 0 bridgehead atoms. The predicted octanol–water partition coefficient (Wildman–Crippen LogP) is 2.28. The minimum atomic E-state index is -0.250. The highest BCUT2D eigenvalue weighted by Crippen LogP contribution is 2.30. The number of carbonyl (C=O) groups is 1. The molecule has 0 spiro atoms. The Morgan fingerprint density at radius 2 is 2.24 bits per heavy atom. The van der Waals surface area contributed by atoms with E-state index in [2.05, 4.69) is 39.6 Å². The lowest BCUT2D eigenvalue weighted by atomic mass is 10.1. The molecular formula is C14H20N4O2S. The smallest absolute Gasteiger partial charge is 0.290 e. The van der Waals surface area contributed by atoms with Gasteiger partial charge in [0.25, 0.3) is 6.47 Å². The highest BCUT2D eigenvalue weighted by molar-refractivity contribution is 7.13. The predicted molar refractivity (Wildman–Crippen MR) is 82.5 cm³/mol. The molecule has 1 fully saturated rings. The fourth-order valence-corrected chi connectivity index (χ4v) is 3.47. The lowest BCUT2D eigenvalue weighted by Gasteiger charge is -2.31. The van der Waals surface area contributed by atoms with Gasteiger partial charge in [-0.15, -0.1) is 11.3 Å². The molecule has 1 aliphatic heterocycles. The Bertz CT molecular complexity index is 581. The van der Waals surface area contributed by atoms with E-state index in [-0.39, 0.29) is 6.47 Å². The summed E-state index contributed by atoms with van der Waals surface area (Å²) in [7, 11) is 2.20. The first-order valence-corrected chi connectivity index (χ1v) is 7.75. The number of aryl methyl sites for hydroxylation is 1. The molecule has 1 unspecified atom stereocenters. The van der Waals surface area contributed by atoms with Crippen molar-refractivity contribution in [1.29, 1.82) is 0 Å². The third kappa shape index (κ3) is 3.68. The average molecular weight is 308 g/mol. The molecule has 1 saturated heterocycles. The fraction of sp³-hybridized carbons (Fsp3) is 0.500. The van der Waals surface area contributed by atoms with Gasteiger partial charge in [-0.3, -0.25) is 4.79 Å². The van der Waals surface area contributed by atoms with Gasteiger partial charge < -0.3 is 14.6 Å². The number of piperidine rings is 1. The van der Waals surface area contributed by atoms with Crippen LogP contribution < -0.4 is 0 Å². The van der Waals surface area contributed by atoms with E-state index in [9.17, 15) is 0 Å². The molecule has 1 aliphatic rings. The number of aromatic nitrogens is 3. The molecule has 1 atom stereocenters. The van der Waals surface area contributed by atoms with Gasteiger partial charge in [0.1, 0.15) is 0 Å². The third-order valence-corrected chi connectivity index (χ3v) is 4.53. The van der Waals surface area contributed by atoms with Crippen LogP contribution in [0.1, 0.15) is 24.6 Å². The van der Waals surface area contributed by atoms with Crippen LogP contribution in [0.15, 0.2) is 17.9 Å². The number of hydrogen-bond acceptors (Lipinski definition) is 5. The number of nitrogens with zero attached hydrogens (tertiary/aromatic N) is 4. The van der Waals surface area contributed by atoms with Gasteiger partial charge in [0.2, 0.25) is 0 Å². The maximum atomic E-state index is 8.36. The van der Waals surface area contributed by atoms with Gasteiger partial charge in [0.15, 0.2) is 5.82 Å². The molecule has 21 heavy (non-hydrogen) atoms. The van der Waals surface area contributed by atoms with Crippen molar-refractivity contribution in [3.8, 4) is 10.7 Å². The van der Waals surface area contributed by atoms with E-state index < -0.39 is 0 Å². The molecule has 114 valence electrons. The van der Waals surface area contributed by atoms with E-state index in [0.717, 1.165) is 18.1 Å². The number of likely N-dealkylation sites (tertiary alicyclic amines) is 1. The zero-order chi connectivity index (χ0) is 15.2. The molecule has 0 aliphatic carbocycles. The van der Waals surface area contributed by atoms with Gasteiger partial charge in [-0.25, -0.2) is 9.97 Å². The van der Waals surface area contributed by atoms with Crippen molar-refractivity contribution in [3.63, 3.8) is 0 Å². The maximum absolute atomic E-state index is 8.36. The number of carboxylic acid groups (broad SMARTS) is 1. The number of thiazole rings is 1. The van der Waals surface area contributed by atoms with Gasteiger partial charge in [-0.05, 0) is 33.4 Å². The van der Waals surface area contributed by atoms with Crippen molar-refractivity contribution in [3.05, 3.63) is 23.6 Å². The zero-order valence-electron chi connectivity index (χ0n) is 12.3. The van der Waals surface area contributed by atoms with Gasteiger partial charge in [0, 0.05) is 25.0 Å². The number of likely N-dealkylation sites (N-methyl/N-ethyl adjacent to an activating group) is 1. The van der Waals surface area contributed by atoms with E-state index in [1.165, 1.54) is 24.3 Å². The Hall–Kier alpha value is -1.73. The largest absolute Gasteiger partial charge is 0.483 e. The van der Waals surface area contributed by atoms with Crippen molar-refractivity contribution >= 4 is 17.8 Å². The van der Waals surface area contributed by atoms with Crippen LogP contribution >= 0.6 is 11.3 Å². The van der Waals surface area contributed by atoms with Crippen molar-refractivity contribution in [1.82, 2.24) is 19.4 Å². The van der Waals surface area contributed by atoms with Crippen LogP contribution in [0.25, 0.3) is 10.7 Å². The van der Waals surface area contributed by atoms with Gasteiger partial charge in [-0.2, -0.15) is 0 Å². The Morgan fingerprint density at radius 3 is 2.86 bits per heavy atom. The molecule has 6 nitrogen and oxygen atoms in total. The van der Waals surface area contributed by atoms with E-state index in [4.69, 9.17) is 9.90 Å². The monoisotopic (exact) mass is 308 g/mol. The Labute approximate surface area is 128 Å². The fourth-order valence-electron chi connectivity index (χ4n) is 2.67. The minimum Gasteiger partial charge on any atom is -0.483 e. The Kier molecular flexibility index (Phi) is 5.46. The summed E-state index contributed by atoms with van der Waals surface area (Å²) >= 11 is 1.68. The summed E-state index contributed by atoms with van der Waals surface area (Å²) < 4.78 is 2.33. The molecule has 1 N–H and O–H groups in total. The highest BCUT2D eigenvalue weighted by atomic mass is 32.1. The van der Waals surface area contributed by atoms with Crippen LogP contribution in [0.3, 0.4) is 0 Å². The van der Waals surface area contributed by atoms with Crippen molar-refractivity contribution < 1.29 is 9.90 Å². The Morgan fingerprint density at radius 1 is 1.48 bits per heavy atom. The van der Waals surface area contributed by atoms with Crippen LogP contribution in [0.5, 0.6) is 0 Å². The highest BCUT2D eigenvalue weighted by Gasteiger charge is 2.22. The van der Waals surface area contributed by atoms with Crippen molar-refractivity contribution in [2.24, 2.45) is 0 Å². The third-order valence-electron chi connectivity index (χ3n) is 3.61. The average Bonchev–Trinajstić information content (AvgIpc) is 3.07. The maximum Gasteiger partial charge on any atom is 0.290 e. The van der Waals surface area contributed by atoms with Crippen LogP contribution in [0, 0.1) is 6.92 Å². The van der Waals surface area contributed by atoms with E-state index in [0.29, 0.717) is 6.04 Å². The van der Waals surface area contributed by atoms with E-state index in [1.54, 1.807) is 11.3 Å². The lowest BCUT2D eigenvalue weighted by Crippen LogP contribution is -2.33. The van der Waals surface area contributed by atoms with Gasteiger partial charge in [0.05, 0.1) is 16.1 Å².